The number of rotatable bonds is 15. The van der Waals surface area contributed by atoms with E-state index in [1.165, 1.54) is 12.7 Å². The van der Waals surface area contributed by atoms with Gasteiger partial charge in [0.15, 0.2) is 31.5 Å². The Kier molecular flexibility index (Phi) is 18.6. The van der Waals surface area contributed by atoms with Crippen LogP contribution in [-0.2, 0) is 61.6 Å². The maximum absolute atomic E-state index is 12.0. The standard InChI is InChI=1S/C54H90O21/c1-23(69-52-50(49(65-10)43(59)25(3)70-52)75-51-46(62)45(61)44(60)37(22-55)72-51)41-33(56)18-32-30-12-11-28-17-29(13-15-53(28,6)31(30)14-16-54(32,41)7)71-38-19-34(57)47(26(4)67-38)73-40-21-36(64-9)48(27(5)68-40)74-39-20-35(63-8)42(58)24(2)66-39/h11,23-27,29-52,55-62H,12-22H2,1-10H3/t23-,24+,25+,26+,27+,29-,30+,31-,32-,33+,34-,35-,36-,37+,38-,39-,40-,41-,42+,43-,44+,45-,46+,47+,48+,49-,50+,51-,52-,53-,54-/m0/s1. The molecule has 0 aromatic heterocycles. The van der Waals surface area contributed by atoms with Crippen LogP contribution >= 0.6 is 0 Å². The van der Waals surface area contributed by atoms with E-state index in [9.17, 15) is 40.9 Å². The summed E-state index contributed by atoms with van der Waals surface area (Å²) < 4.78 is 80.1. The first-order valence-electron chi connectivity index (χ1n) is 27.8. The first kappa shape index (κ1) is 58.6. The van der Waals surface area contributed by atoms with Gasteiger partial charge >= 0.3 is 0 Å². The molecule has 0 bridgehead atoms. The van der Waals surface area contributed by atoms with Gasteiger partial charge in [-0.25, -0.2) is 0 Å². The summed E-state index contributed by atoms with van der Waals surface area (Å²) in [4.78, 5) is 0. The second-order valence-corrected chi connectivity index (χ2v) is 24.0. The van der Waals surface area contributed by atoms with Crippen LogP contribution in [0, 0.1) is 34.5 Å². The molecule has 21 nitrogen and oxygen atoms in total. The van der Waals surface area contributed by atoms with Crippen LogP contribution in [0.15, 0.2) is 11.6 Å². The quantitative estimate of drug-likeness (QED) is 0.108. The molecule has 0 aromatic carbocycles. The Morgan fingerprint density at radius 3 is 1.89 bits per heavy atom. The van der Waals surface area contributed by atoms with Crippen LogP contribution in [0.2, 0.25) is 0 Å². The summed E-state index contributed by atoms with van der Waals surface area (Å²) in [5, 5.41) is 86.7. The molecule has 0 amide bonds. The summed E-state index contributed by atoms with van der Waals surface area (Å²) >= 11 is 0. The van der Waals surface area contributed by atoms with Crippen molar-refractivity contribution in [1.82, 2.24) is 0 Å². The molecule has 432 valence electrons. The molecule has 4 aliphatic carbocycles. The van der Waals surface area contributed by atoms with E-state index in [-0.39, 0.29) is 41.3 Å². The van der Waals surface area contributed by atoms with Crippen molar-refractivity contribution in [2.75, 3.05) is 27.9 Å². The first-order chi connectivity index (χ1) is 35.6. The van der Waals surface area contributed by atoms with Gasteiger partial charge in [-0.15, -0.1) is 0 Å². The zero-order chi connectivity index (χ0) is 54.0. The molecular formula is C54H90O21. The summed E-state index contributed by atoms with van der Waals surface area (Å²) in [5.74, 6) is 0.709. The van der Waals surface area contributed by atoms with Crippen molar-refractivity contribution in [2.24, 2.45) is 34.5 Å². The minimum Gasteiger partial charge on any atom is -0.394 e. The fourth-order valence-corrected chi connectivity index (χ4v) is 15.5. The Balaban J connectivity index is 0.791. The lowest BCUT2D eigenvalue weighted by Crippen LogP contribution is -2.64. The lowest BCUT2D eigenvalue weighted by atomic mass is 9.47. The van der Waals surface area contributed by atoms with Gasteiger partial charge in [0.05, 0.1) is 67.6 Å². The number of ether oxygens (including phenoxy) is 13. The zero-order valence-corrected chi connectivity index (χ0v) is 45.5. The number of aliphatic hydroxyl groups is 8. The SMILES string of the molecule is CO[C@H]1[C@@H](O)[C@@H](C)O[C@H](O[C@@H](C)[C@H]2[C@H](O)C[C@H]3[C@@H]4CC=C5C[C@@H](O[C@H]6C[C@H](O)[C@H](O[C@H]7C[C@H](OC)[C@H](O[C@H]8C[C@H](OC)[C@H](O)[C@@H](C)O8)[C@@H](C)O7)[C@@H](C)O6)CC[C@]5(C)[C@H]4CC[C@]23C)[C@@H]1O[C@@H]1O[C@H](CO)[C@@H](O)[C@H](O)[C@H]1O. The van der Waals surface area contributed by atoms with Gasteiger partial charge in [-0.3, -0.25) is 0 Å². The fourth-order valence-electron chi connectivity index (χ4n) is 15.5. The third-order valence-electron chi connectivity index (χ3n) is 19.7. The molecule has 31 atom stereocenters. The van der Waals surface area contributed by atoms with Crippen LogP contribution < -0.4 is 0 Å². The molecule has 9 rings (SSSR count). The minimum atomic E-state index is -1.69. The van der Waals surface area contributed by atoms with Gasteiger partial charge in [-0.05, 0) is 108 Å². The summed E-state index contributed by atoms with van der Waals surface area (Å²) in [6.07, 6.45) is -11.7. The average molecular weight is 1080 g/mol. The van der Waals surface area contributed by atoms with E-state index in [1.54, 1.807) is 28.1 Å². The molecule has 0 aromatic rings. The van der Waals surface area contributed by atoms with E-state index in [2.05, 4.69) is 19.9 Å². The highest BCUT2D eigenvalue weighted by Gasteiger charge is 2.63. The summed E-state index contributed by atoms with van der Waals surface area (Å²) in [6, 6.07) is 0. The van der Waals surface area contributed by atoms with E-state index in [4.69, 9.17) is 61.6 Å². The topological polar surface area (TPSA) is 282 Å². The Bertz CT molecular complexity index is 1890. The van der Waals surface area contributed by atoms with Crippen molar-refractivity contribution < 1.29 is 102 Å². The van der Waals surface area contributed by atoms with Crippen molar-refractivity contribution in [3.05, 3.63) is 11.6 Å². The molecule has 75 heavy (non-hydrogen) atoms. The third-order valence-corrected chi connectivity index (χ3v) is 19.7. The lowest BCUT2D eigenvalue weighted by molar-refractivity contribution is -0.372. The molecule has 5 saturated heterocycles. The van der Waals surface area contributed by atoms with Gasteiger partial charge in [-0.1, -0.05) is 25.5 Å². The summed E-state index contributed by atoms with van der Waals surface area (Å²) in [5.41, 5.74) is 1.09. The second kappa shape index (κ2) is 23.8. The highest BCUT2D eigenvalue weighted by molar-refractivity contribution is 5.26. The normalized spacial score (nSPS) is 53.8. The monoisotopic (exact) mass is 1070 g/mol. The Labute approximate surface area is 441 Å². The van der Waals surface area contributed by atoms with E-state index in [0.717, 1.165) is 38.5 Å². The molecule has 8 fully saturated rings. The number of hydrogen-bond acceptors (Lipinski definition) is 21. The number of methoxy groups -OCH3 is 3. The predicted octanol–water partition coefficient (Wildman–Crippen LogP) is 1.56. The highest BCUT2D eigenvalue weighted by Crippen LogP contribution is 2.67. The van der Waals surface area contributed by atoms with Crippen molar-refractivity contribution in [1.29, 1.82) is 0 Å². The summed E-state index contributed by atoms with van der Waals surface area (Å²) in [6.45, 7) is 13.2. The molecule has 5 aliphatic heterocycles. The molecule has 0 radical (unpaired) electrons. The van der Waals surface area contributed by atoms with E-state index >= 15 is 0 Å². The largest absolute Gasteiger partial charge is 0.394 e. The van der Waals surface area contributed by atoms with Crippen LogP contribution in [0.5, 0.6) is 0 Å². The van der Waals surface area contributed by atoms with E-state index < -0.39 is 148 Å². The van der Waals surface area contributed by atoms with E-state index in [0.29, 0.717) is 31.1 Å². The van der Waals surface area contributed by atoms with Crippen LogP contribution in [0.1, 0.15) is 113 Å². The van der Waals surface area contributed by atoms with Gasteiger partial charge in [-0.2, -0.15) is 0 Å². The van der Waals surface area contributed by atoms with Crippen molar-refractivity contribution >= 4 is 0 Å². The zero-order valence-electron chi connectivity index (χ0n) is 45.5. The number of allylic oxidation sites excluding steroid dienone is 1. The van der Waals surface area contributed by atoms with Crippen LogP contribution in [0.25, 0.3) is 0 Å². The molecule has 21 heteroatoms. The molecular weight excluding hydrogens is 985 g/mol. The molecule has 9 aliphatic rings. The number of fused-ring (bicyclic) bond motifs is 5. The van der Waals surface area contributed by atoms with Crippen LogP contribution in [0.4, 0.5) is 0 Å². The van der Waals surface area contributed by atoms with Crippen molar-refractivity contribution in [3.63, 3.8) is 0 Å². The summed E-state index contributed by atoms with van der Waals surface area (Å²) in [7, 11) is 4.59. The molecule has 0 unspecified atom stereocenters. The molecule has 3 saturated carbocycles. The maximum atomic E-state index is 12.0. The molecule has 8 N–H and O–H groups in total. The van der Waals surface area contributed by atoms with Crippen LogP contribution in [-0.4, -0.2) is 222 Å². The first-order valence-corrected chi connectivity index (χ1v) is 27.8. The molecule has 5 heterocycles. The van der Waals surface area contributed by atoms with Gasteiger partial charge in [0.25, 0.3) is 0 Å². The fraction of sp³-hybridized carbons (Fsp3) is 0.963. The second-order valence-electron chi connectivity index (χ2n) is 24.0. The van der Waals surface area contributed by atoms with E-state index in [1.807, 2.05) is 20.8 Å². The Hall–Kier alpha value is -1.10. The van der Waals surface area contributed by atoms with Gasteiger partial charge in [0, 0.05) is 46.5 Å². The lowest BCUT2D eigenvalue weighted by Gasteiger charge is -2.58. The number of aliphatic hydroxyl groups excluding tert-OH is 8. The number of hydrogen-bond donors (Lipinski definition) is 8. The Morgan fingerprint density at radius 2 is 1.23 bits per heavy atom. The molecule has 0 spiro atoms. The van der Waals surface area contributed by atoms with Gasteiger partial charge in [0.2, 0.25) is 0 Å². The highest BCUT2D eigenvalue weighted by atomic mass is 16.8. The van der Waals surface area contributed by atoms with Gasteiger partial charge < -0.3 is 102 Å². The van der Waals surface area contributed by atoms with Crippen LogP contribution in [0.3, 0.4) is 0 Å². The average Bonchev–Trinajstić information content (AvgIpc) is 3.66. The smallest absolute Gasteiger partial charge is 0.187 e. The van der Waals surface area contributed by atoms with Crippen molar-refractivity contribution in [3.8, 4) is 0 Å². The predicted molar refractivity (Wildman–Crippen MR) is 262 cm³/mol. The maximum Gasteiger partial charge on any atom is 0.187 e. The Morgan fingerprint density at radius 1 is 0.587 bits per heavy atom. The minimum absolute atomic E-state index is 0.0383. The van der Waals surface area contributed by atoms with Gasteiger partial charge in [0.1, 0.15) is 61.0 Å². The van der Waals surface area contributed by atoms with Crippen molar-refractivity contribution in [2.45, 2.75) is 266 Å². The third kappa shape index (κ3) is 11.3.